The van der Waals surface area contributed by atoms with Crippen molar-refractivity contribution in [3.8, 4) is 0 Å². The van der Waals surface area contributed by atoms with Gasteiger partial charge in [0.2, 0.25) is 5.91 Å². The largest absolute Gasteiger partial charge is 0.459 e. The number of hydrogen-bond donors (Lipinski definition) is 1. The van der Waals surface area contributed by atoms with Crippen molar-refractivity contribution < 1.29 is 23.9 Å². The van der Waals surface area contributed by atoms with Crippen molar-refractivity contribution in [1.82, 2.24) is 10.2 Å². The van der Waals surface area contributed by atoms with Gasteiger partial charge in [0.25, 0.3) is 0 Å². The minimum Gasteiger partial charge on any atom is -0.459 e. The molecule has 1 atom stereocenters. The van der Waals surface area contributed by atoms with Crippen LogP contribution in [0.2, 0.25) is 0 Å². The van der Waals surface area contributed by atoms with Crippen molar-refractivity contribution in [2.24, 2.45) is 5.41 Å². The first-order valence-electron chi connectivity index (χ1n) is 12.6. The number of β-lactam (4-membered cyclic amide) rings is 1. The lowest BCUT2D eigenvalue weighted by Gasteiger charge is -2.53. The van der Waals surface area contributed by atoms with Gasteiger partial charge in [0, 0.05) is 0 Å². The smallest absolute Gasteiger partial charge is 0.332 e. The molecule has 3 aromatic carbocycles. The normalized spacial score (nSPS) is 16.2. The molecular weight excluding hydrogens is 468 g/mol. The fourth-order valence-electron chi connectivity index (χ4n) is 4.74. The molecule has 1 heterocycles. The SMILES string of the molecule is CCC1(CC)C(=O)N(C(=O)NC(c2ccccc2)c2ccccc2)C1OCC(=O)OCc1ccccc1. The monoisotopic (exact) mass is 500 g/mol. The summed E-state index contributed by atoms with van der Waals surface area (Å²) >= 11 is 0. The molecule has 1 saturated heterocycles. The predicted molar refractivity (Wildman–Crippen MR) is 139 cm³/mol. The molecule has 1 N–H and O–H groups in total. The Morgan fingerprint density at radius 3 is 1.89 bits per heavy atom. The van der Waals surface area contributed by atoms with E-state index in [-0.39, 0.29) is 19.1 Å². The van der Waals surface area contributed by atoms with Crippen molar-refractivity contribution in [3.63, 3.8) is 0 Å². The van der Waals surface area contributed by atoms with E-state index in [2.05, 4.69) is 5.32 Å². The van der Waals surface area contributed by atoms with Crippen LogP contribution in [0, 0.1) is 5.41 Å². The summed E-state index contributed by atoms with van der Waals surface area (Å²) < 4.78 is 11.2. The molecule has 1 aliphatic heterocycles. The molecule has 192 valence electrons. The second-order valence-corrected chi connectivity index (χ2v) is 9.05. The van der Waals surface area contributed by atoms with Gasteiger partial charge in [-0.1, -0.05) is 105 Å². The quantitative estimate of drug-likeness (QED) is 0.305. The molecule has 3 amide bonds. The summed E-state index contributed by atoms with van der Waals surface area (Å²) in [5.74, 6) is -0.867. The van der Waals surface area contributed by atoms with Crippen LogP contribution in [0.15, 0.2) is 91.0 Å². The van der Waals surface area contributed by atoms with E-state index in [4.69, 9.17) is 9.47 Å². The zero-order valence-corrected chi connectivity index (χ0v) is 21.1. The number of carbonyl (C=O) groups is 3. The van der Waals surface area contributed by atoms with E-state index in [1.165, 1.54) is 0 Å². The number of esters is 1. The summed E-state index contributed by atoms with van der Waals surface area (Å²) in [7, 11) is 0. The molecule has 0 spiro atoms. The maximum absolute atomic E-state index is 13.5. The summed E-state index contributed by atoms with van der Waals surface area (Å²) in [5, 5.41) is 3.00. The predicted octanol–water partition coefficient (Wildman–Crippen LogP) is 5.22. The summed E-state index contributed by atoms with van der Waals surface area (Å²) in [4.78, 5) is 40.2. The van der Waals surface area contributed by atoms with E-state index in [9.17, 15) is 14.4 Å². The molecule has 3 aromatic rings. The average Bonchev–Trinajstić information content (AvgIpc) is 2.95. The molecule has 7 nitrogen and oxygen atoms in total. The number of benzene rings is 3. The third-order valence-corrected chi connectivity index (χ3v) is 6.97. The number of urea groups is 1. The van der Waals surface area contributed by atoms with E-state index in [1.807, 2.05) is 105 Å². The number of imide groups is 1. The first-order valence-corrected chi connectivity index (χ1v) is 12.6. The van der Waals surface area contributed by atoms with Gasteiger partial charge in [-0.25, -0.2) is 14.5 Å². The topological polar surface area (TPSA) is 84.9 Å². The maximum atomic E-state index is 13.5. The van der Waals surface area contributed by atoms with Gasteiger partial charge in [-0.2, -0.15) is 0 Å². The lowest BCUT2D eigenvalue weighted by Crippen LogP contribution is -2.72. The fraction of sp³-hybridized carbons (Fsp3) is 0.300. The third kappa shape index (κ3) is 5.57. The van der Waals surface area contributed by atoms with Gasteiger partial charge in [0.15, 0.2) is 6.23 Å². The number of nitrogens with one attached hydrogen (secondary N) is 1. The first-order chi connectivity index (χ1) is 18.0. The van der Waals surface area contributed by atoms with E-state index in [0.29, 0.717) is 12.8 Å². The van der Waals surface area contributed by atoms with Gasteiger partial charge in [-0.15, -0.1) is 0 Å². The van der Waals surface area contributed by atoms with Crippen LogP contribution in [0.5, 0.6) is 0 Å². The van der Waals surface area contributed by atoms with Crippen molar-refractivity contribution in [3.05, 3.63) is 108 Å². The van der Waals surface area contributed by atoms with Crippen molar-refractivity contribution in [2.75, 3.05) is 6.61 Å². The summed E-state index contributed by atoms with van der Waals surface area (Å²) in [6.45, 7) is 3.53. The molecule has 4 rings (SSSR count). The van der Waals surface area contributed by atoms with Crippen LogP contribution in [-0.2, 0) is 25.7 Å². The Bertz CT molecular complexity index is 1160. The molecule has 1 fully saturated rings. The first kappa shape index (κ1) is 26.1. The highest BCUT2D eigenvalue weighted by Gasteiger charge is 2.62. The molecule has 0 saturated carbocycles. The molecule has 1 aliphatic rings. The highest BCUT2D eigenvalue weighted by atomic mass is 16.6. The number of amides is 3. The van der Waals surface area contributed by atoms with Gasteiger partial charge in [-0.3, -0.25) is 4.79 Å². The average molecular weight is 501 g/mol. The van der Waals surface area contributed by atoms with Gasteiger partial charge in [-0.05, 0) is 29.5 Å². The van der Waals surface area contributed by atoms with Gasteiger partial charge >= 0.3 is 12.0 Å². The minimum atomic E-state index is -0.869. The number of likely N-dealkylation sites (tertiary alicyclic amines) is 1. The highest BCUT2D eigenvalue weighted by molar-refractivity contribution is 6.03. The van der Waals surface area contributed by atoms with Crippen LogP contribution in [0.3, 0.4) is 0 Å². The second kappa shape index (κ2) is 11.8. The number of hydrogen-bond acceptors (Lipinski definition) is 5. The summed E-state index contributed by atoms with van der Waals surface area (Å²) in [5.41, 5.74) is 1.76. The number of carbonyl (C=O) groups excluding carboxylic acids is 3. The number of ether oxygens (including phenoxy) is 2. The molecule has 0 bridgehead atoms. The van der Waals surface area contributed by atoms with Crippen LogP contribution in [0.25, 0.3) is 0 Å². The Morgan fingerprint density at radius 2 is 1.38 bits per heavy atom. The van der Waals surface area contributed by atoms with E-state index >= 15 is 0 Å². The molecule has 1 unspecified atom stereocenters. The van der Waals surface area contributed by atoms with E-state index in [1.54, 1.807) is 0 Å². The van der Waals surface area contributed by atoms with Crippen LogP contribution in [0.1, 0.15) is 49.4 Å². The highest BCUT2D eigenvalue weighted by Crippen LogP contribution is 2.46. The van der Waals surface area contributed by atoms with Crippen LogP contribution in [0.4, 0.5) is 4.79 Å². The maximum Gasteiger partial charge on any atom is 0.332 e. The van der Waals surface area contributed by atoms with E-state index in [0.717, 1.165) is 21.6 Å². The van der Waals surface area contributed by atoms with Gasteiger partial charge < -0.3 is 14.8 Å². The zero-order valence-electron chi connectivity index (χ0n) is 21.1. The Morgan fingerprint density at radius 1 is 0.865 bits per heavy atom. The minimum absolute atomic E-state index is 0.124. The van der Waals surface area contributed by atoms with Gasteiger partial charge in [0.1, 0.15) is 13.2 Å². The van der Waals surface area contributed by atoms with E-state index < -0.39 is 29.7 Å². The van der Waals surface area contributed by atoms with Crippen LogP contribution < -0.4 is 5.32 Å². The lowest BCUT2D eigenvalue weighted by molar-refractivity contribution is -0.214. The van der Waals surface area contributed by atoms with Crippen molar-refractivity contribution >= 4 is 17.9 Å². The van der Waals surface area contributed by atoms with Crippen molar-refractivity contribution in [1.29, 1.82) is 0 Å². The molecule has 0 aromatic heterocycles. The fourth-order valence-corrected chi connectivity index (χ4v) is 4.74. The van der Waals surface area contributed by atoms with Crippen LogP contribution in [-0.4, -0.2) is 35.6 Å². The molecule has 7 heteroatoms. The Balaban J connectivity index is 1.48. The van der Waals surface area contributed by atoms with Crippen molar-refractivity contribution in [2.45, 2.75) is 45.6 Å². The molecular formula is C30H32N2O5. The second-order valence-electron chi connectivity index (χ2n) is 9.05. The summed E-state index contributed by atoms with van der Waals surface area (Å²) in [6, 6.07) is 27.4. The third-order valence-electron chi connectivity index (χ3n) is 6.97. The zero-order chi connectivity index (χ0) is 26.3. The molecule has 0 radical (unpaired) electrons. The Hall–Kier alpha value is -3.97. The van der Waals surface area contributed by atoms with Crippen LogP contribution >= 0.6 is 0 Å². The lowest BCUT2D eigenvalue weighted by atomic mass is 9.72. The standard InChI is InChI=1S/C30H32N2O5/c1-3-30(4-2)27(34)32(28(30)37-21-25(33)36-20-22-14-8-5-9-15-22)29(35)31-26(23-16-10-6-11-17-23)24-18-12-7-13-19-24/h5-19,26,28H,3-4,20-21H2,1-2H3,(H,31,35). The molecule has 37 heavy (non-hydrogen) atoms. The van der Waals surface area contributed by atoms with Gasteiger partial charge in [0.05, 0.1) is 11.5 Å². The Labute approximate surface area is 217 Å². The molecule has 0 aliphatic carbocycles. The number of nitrogens with zero attached hydrogens (tertiary/aromatic N) is 1. The summed E-state index contributed by atoms with van der Waals surface area (Å²) in [6.07, 6.45) is 0.0966. The number of rotatable bonds is 10. The Kier molecular flexibility index (Phi) is 8.36.